The van der Waals surface area contributed by atoms with Crippen LogP contribution in [0, 0.1) is 0 Å². The number of hydrogen-bond donors (Lipinski definition) is 2. The summed E-state index contributed by atoms with van der Waals surface area (Å²) in [6.45, 7) is 4.82. The van der Waals surface area contributed by atoms with Gasteiger partial charge in [0.05, 0.1) is 6.42 Å². The lowest BCUT2D eigenvalue weighted by Crippen LogP contribution is -2.45. The molecule has 1 fully saturated rings. The summed E-state index contributed by atoms with van der Waals surface area (Å²) >= 11 is 0. The number of nitrogens with one attached hydrogen (secondary N) is 1. The van der Waals surface area contributed by atoms with Crippen molar-refractivity contribution in [2.75, 3.05) is 11.9 Å². The van der Waals surface area contributed by atoms with Crippen LogP contribution < -0.4 is 5.32 Å². The molecule has 1 heterocycles. The van der Waals surface area contributed by atoms with E-state index in [0.29, 0.717) is 11.3 Å². The summed E-state index contributed by atoms with van der Waals surface area (Å²) in [4.78, 5) is 25.0. The molecular weight excluding hydrogens is 256 g/mol. The Kier molecular flexibility index (Phi) is 3.97. The molecule has 1 aliphatic heterocycles. The maximum absolute atomic E-state index is 12.3. The number of para-hydroxylation sites is 1. The fourth-order valence-corrected chi connectivity index (χ4v) is 2.63. The Morgan fingerprint density at radius 3 is 2.65 bits per heavy atom. The summed E-state index contributed by atoms with van der Waals surface area (Å²) in [7, 11) is 0. The molecule has 0 bridgehead atoms. The average molecular weight is 276 g/mol. The highest BCUT2D eigenvalue weighted by Gasteiger charge is 2.35. The van der Waals surface area contributed by atoms with Crippen molar-refractivity contribution in [1.29, 1.82) is 0 Å². The molecule has 5 heteroatoms. The molecular formula is C15H20N2O3. The van der Waals surface area contributed by atoms with Gasteiger partial charge in [-0.15, -0.1) is 0 Å². The van der Waals surface area contributed by atoms with Gasteiger partial charge in [0.2, 0.25) is 0 Å². The van der Waals surface area contributed by atoms with Crippen LogP contribution >= 0.6 is 0 Å². The van der Waals surface area contributed by atoms with Gasteiger partial charge in [-0.05, 0) is 38.3 Å². The first kappa shape index (κ1) is 14.4. The normalized spacial score (nSPS) is 17.0. The van der Waals surface area contributed by atoms with Gasteiger partial charge in [-0.2, -0.15) is 0 Å². The van der Waals surface area contributed by atoms with Crippen molar-refractivity contribution in [1.82, 2.24) is 4.90 Å². The highest BCUT2D eigenvalue weighted by Crippen LogP contribution is 2.29. The van der Waals surface area contributed by atoms with E-state index in [4.69, 9.17) is 5.11 Å². The molecule has 1 aromatic rings. The Labute approximate surface area is 118 Å². The Morgan fingerprint density at radius 1 is 1.35 bits per heavy atom. The number of nitrogens with zero attached hydrogens (tertiary/aromatic N) is 1. The smallest absolute Gasteiger partial charge is 0.322 e. The van der Waals surface area contributed by atoms with Crippen LogP contribution in [0.5, 0.6) is 0 Å². The van der Waals surface area contributed by atoms with Gasteiger partial charge < -0.3 is 15.3 Å². The molecule has 2 rings (SSSR count). The molecule has 0 atom stereocenters. The zero-order valence-electron chi connectivity index (χ0n) is 11.8. The van der Waals surface area contributed by atoms with Crippen molar-refractivity contribution in [2.24, 2.45) is 0 Å². The number of carboxylic acids is 1. The van der Waals surface area contributed by atoms with E-state index in [-0.39, 0.29) is 18.0 Å². The van der Waals surface area contributed by atoms with Crippen molar-refractivity contribution in [3.8, 4) is 0 Å². The number of carbonyl (C=O) groups is 2. The summed E-state index contributed by atoms with van der Waals surface area (Å²) in [5.41, 5.74) is 1.04. The topological polar surface area (TPSA) is 69.6 Å². The molecule has 0 saturated carbocycles. The third-order valence-corrected chi connectivity index (χ3v) is 3.75. The number of aliphatic carboxylic acids is 1. The first-order valence-corrected chi connectivity index (χ1v) is 6.78. The largest absolute Gasteiger partial charge is 0.481 e. The van der Waals surface area contributed by atoms with Gasteiger partial charge in [-0.1, -0.05) is 18.2 Å². The Morgan fingerprint density at radius 2 is 2.05 bits per heavy atom. The van der Waals surface area contributed by atoms with Gasteiger partial charge in [0.1, 0.15) is 0 Å². The van der Waals surface area contributed by atoms with Crippen LogP contribution in [-0.4, -0.2) is 34.1 Å². The van der Waals surface area contributed by atoms with Crippen LogP contribution in [0.3, 0.4) is 0 Å². The molecule has 0 aromatic heterocycles. The Balaban J connectivity index is 2.14. The van der Waals surface area contributed by atoms with Crippen LogP contribution in [0.15, 0.2) is 24.3 Å². The zero-order chi connectivity index (χ0) is 14.8. The standard InChI is InChI=1S/C15H20N2O3/c1-15(2)8-5-9-17(15)14(20)16-12-7-4-3-6-11(12)10-13(18)19/h3-4,6-7H,5,8-10H2,1-2H3,(H,16,20)(H,18,19). The van der Waals surface area contributed by atoms with Crippen molar-refractivity contribution >= 4 is 17.7 Å². The van der Waals surface area contributed by atoms with E-state index in [9.17, 15) is 9.59 Å². The highest BCUT2D eigenvalue weighted by atomic mass is 16.4. The van der Waals surface area contributed by atoms with E-state index in [1.165, 1.54) is 0 Å². The number of carbonyl (C=O) groups excluding carboxylic acids is 1. The van der Waals surface area contributed by atoms with E-state index in [1.807, 2.05) is 18.7 Å². The fraction of sp³-hybridized carbons (Fsp3) is 0.467. The lowest BCUT2D eigenvalue weighted by Gasteiger charge is -2.31. The summed E-state index contributed by atoms with van der Waals surface area (Å²) < 4.78 is 0. The van der Waals surface area contributed by atoms with Crippen LogP contribution in [0.1, 0.15) is 32.3 Å². The predicted molar refractivity (Wildman–Crippen MR) is 76.8 cm³/mol. The van der Waals surface area contributed by atoms with E-state index in [0.717, 1.165) is 19.4 Å². The highest BCUT2D eigenvalue weighted by molar-refractivity contribution is 5.91. The monoisotopic (exact) mass is 276 g/mol. The van der Waals surface area contributed by atoms with Gasteiger partial charge >= 0.3 is 12.0 Å². The summed E-state index contributed by atoms with van der Waals surface area (Å²) in [6, 6.07) is 6.85. The van der Waals surface area contributed by atoms with Crippen molar-refractivity contribution in [3.63, 3.8) is 0 Å². The van der Waals surface area contributed by atoms with Crippen molar-refractivity contribution in [2.45, 2.75) is 38.6 Å². The van der Waals surface area contributed by atoms with E-state index in [1.54, 1.807) is 24.3 Å². The van der Waals surface area contributed by atoms with Gasteiger partial charge in [-0.25, -0.2) is 4.79 Å². The number of likely N-dealkylation sites (tertiary alicyclic amines) is 1. The molecule has 5 nitrogen and oxygen atoms in total. The molecule has 2 N–H and O–H groups in total. The van der Waals surface area contributed by atoms with E-state index < -0.39 is 5.97 Å². The van der Waals surface area contributed by atoms with E-state index >= 15 is 0 Å². The van der Waals surface area contributed by atoms with Crippen LogP contribution in [-0.2, 0) is 11.2 Å². The van der Waals surface area contributed by atoms with Crippen LogP contribution in [0.25, 0.3) is 0 Å². The molecule has 1 aromatic carbocycles. The summed E-state index contributed by atoms with van der Waals surface area (Å²) in [6.07, 6.45) is 1.88. The fourth-order valence-electron chi connectivity index (χ4n) is 2.63. The van der Waals surface area contributed by atoms with Crippen LogP contribution in [0.4, 0.5) is 10.5 Å². The minimum absolute atomic E-state index is 0.0974. The number of urea groups is 1. The minimum Gasteiger partial charge on any atom is -0.481 e. The van der Waals surface area contributed by atoms with Gasteiger partial charge in [-0.3, -0.25) is 4.79 Å². The molecule has 2 amide bonds. The second-order valence-electron chi connectivity index (χ2n) is 5.73. The number of rotatable bonds is 3. The summed E-state index contributed by atoms with van der Waals surface area (Å²) in [5.74, 6) is -0.909. The maximum Gasteiger partial charge on any atom is 0.322 e. The number of hydrogen-bond acceptors (Lipinski definition) is 2. The van der Waals surface area contributed by atoms with Gasteiger partial charge in [0.15, 0.2) is 0 Å². The number of anilines is 1. The second-order valence-corrected chi connectivity index (χ2v) is 5.73. The van der Waals surface area contributed by atoms with Crippen LogP contribution in [0.2, 0.25) is 0 Å². The Bertz CT molecular complexity index is 526. The molecule has 0 radical (unpaired) electrons. The third-order valence-electron chi connectivity index (χ3n) is 3.75. The summed E-state index contributed by atoms with van der Waals surface area (Å²) in [5, 5.41) is 11.7. The molecule has 1 saturated heterocycles. The molecule has 20 heavy (non-hydrogen) atoms. The molecule has 0 aliphatic carbocycles. The second kappa shape index (κ2) is 5.53. The first-order valence-electron chi connectivity index (χ1n) is 6.78. The minimum atomic E-state index is -0.909. The molecule has 1 aliphatic rings. The Hall–Kier alpha value is -2.04. The zero-order valence-corrected chi connectivity index (χ0v) is 11.8. The molecule has 108 valence electrons. The van der Waals surface area contributed by atoms with Crippen molar-refractivity contribution in [3.05, 3.63) is 29.8 Å². The van der Waals surface area contributed by atoms with Gasteiger partial charge in [0, 0.05) is 17.8 Å². The third kappa shape index (κ3) is 3.10. The molecule has 0 unspecified atom stereocenters. The first-order chi connectivity index (χ1) is 9.40. The SMILES string of the molecule is CC1(C)CCCN1C(=O)Nc1ccccc1CC(=O)O. The number of benzene rings is 1. The van der Waals surface area contributed by atoms with Crippen molar-refractivity contribution < 1.29 is 14.7 Å². The average Bonchev–Trinajstić information content (AvgIpc) is 2.71. The predicted octanol–water partition coefficient (Wildman–Crippen LogP) is 2.72. The lowest BCUT2D eigenvalue weighted by atomic mass is 10.0. The number of carboxylic acid groups (broad SMARTS) is 1. The lowest BCUT2D eigenvalue weighted by molar-refractivity contribution is -0.136. The maximum atomic E-state index is 12.3. The van der Waals surface area contributed by atoms with Gasteiger partial charge in [0.25, 0.3) is 0 Å². The van der Waals surface area contributed by atoms with E-state index in [2.05, 4.69) is 5.32 Å². The molecule has 0 spiro atoms. The quantitative estimate of drug-likeness (QED) is 0.891. The number of amides is 2.